The van der Waals surface area contributed by atoms with Crippen molar-refractivity contribution in [1.82, 2.24) is 10.3 Å². The third-order valence-electron chi connectivity index (χ3n) is 6.06. The fourth-order valence-corrected chi connectivity index (χ4v) is 5.40. The number of halogens is 1. The van der Waals surface area contributed by atoms with Crippen molar-refractivity contribution in [3.8, 4) is 10.6 Å². The maximum Gasteiger partial charge on any atom is 0.310 e. The molecule has 1 aliphatic rings. The number of methoxy groups -OCH3 is 1. The number of hydrogen-bond donors (Lipinski definition) is 1. The van der Waals surface area contributed by atoms with Gasteiger partial charge in [0.25, 0.3) is 5.91 Å². The van der Waals surface area contributed by atoms with Crippen molar-refractivity contribution >= 4 is 40.5 Å². The summed E-state index contributed by atoms with van der Waals surface area (Å²) in [5.74, 6) is -0.00237. The maximum atomic E-state index is 12.9. The minimum atomic E-state index is -0.244. The van der Waals surface area contributed by atoms with Crippen LogP contribution in [0.4, 0.5) is 5.69 Å². The Morgan fingerprint density at radius 2 is 1.97 bits per heavy atom. The van der Waals surface area contributed by atoms with E-state index in [1.165, 1.54) is 18.4 Å². The van der Waals surface area contributed by atoms with E-state index < -0.39 is 0 Å². The fraction of sp³-hybridized carbons (Fsp3) is 0.346. The van der Waals surface area contributed by atoms with Gasteiger partial charge in [0.15, 0.2) is 0 Å². The Balaban J connectivity index is 1.39. The molecule has 0 aliphatic carbocycles. The second-order valence-electron chi connectivity index (χ2n) is 8.49. The Hall–Kier alpha value is -2.90. The van der Waals surface area contributed by atoms with Crippen molar-refractivity contribution in [3.63, 3.8) is 0 Å². The van der Waals surface area contributed by atoms with Gasteiger partial charge in [-0.1, -0.05) is 41.9 Å². The van der Waals surface area contributed by atoms with Crippen molar-refractivity contribution in [2.75, 3.05) is 31.6 Å². The van der Waals surface area contributed by atoms with Crippen LogP contribution in [-0.4, -0.2) is 43.6 Å². The molecule has 4 rings (SSSR count). The summed E-state index contributed by atoms with van der Waals surface area (Å²) in [6.07, 6.45) is 2.34. The van der Waals surface area contributed by atoms with E-state index in [1.807, 2.05) is 49.4 Å². The second-order valence-corrected chi connectivity index (χ2v) is 9.92. The van der Waals surface area contributed by atoms with Crippen molar-refractivity contribution in [1.29, 1.82) is 0 Å². The number of nitrogens with one attached hydrogen (secondary N) is 1. The molecule has 1 aromatic heterocycles. The number of carbonyl (C=O) groups excluding carboxylic acids is 2. The van der Waals surface area contributed by atoms with Gasteiger partial charge in [-0.15, -0.1) is 11.3 Å². The number of ether oxygens (including phenoxy) is 1. The topological polar surface area (TPSA) is 71.5 Å². The standard InChI is InChI=1S/C26H28ClN3O3S/c1-17-24(34-26(29-17)19-9-11-21(27)12-10-19)25(32)28-15-18-6-5-13-30(16-18)22-8-4-3-7-20(22)14-23(31)33-2/h3-4,7-12,18H,5-6,13-16H2,1-2H3,(H,28,32). The van der Waals surface area contributed by atoms with E-state index in [2.05, 4.69) is 21.3 Å². The summed E-state index contributed by atoms with van der Waals surface area (Å²) in [6, 6.07) is 15.4. The predicted octanol–water partition coefficient (Wildman–Crippen LogP) is 5.13. The van der Waals surface area contributed by atoms with Crippen molar-refractivity contribution in [2.24, 2.45) is 5.92 Å². The third-order valence-corrected chi connectivity index (χ3v) is 7.52. The van der Waals surface area contributed by atoms with Gasteiger partial charge in [-0.25, -0.2) is 4.98 Å². The average Bonchev–Trinajstić information content (AvgIpc) is 3.25. The van der Waals surface area contributed by atoms with Crippen molar-refractivity contribution in [3.05, 3.63) is 69.7 Å². The Morgan fingerprint density at radius 1 is 1.21 bits per heavy atom. The first-order chi connectivity index (χ1) is 16.4. The number of nitrogens with zero attached hydrogens (tertiary/aromatic N) is 2. The molecule has 1 aliphatic heterocycles. The minimum absolute atomic E-state index is 0.0848. The molecule has 3 aromatic rings. The molecule has 1 unspecified atom stereocenters. The zero-order chi connectivity index (χ0) is 24.1. The van der Waals surface area contributed by atoms with Gasteiger partial charge >= 0.3 is 5.97 Å². The lowest BCUT2D eigenvalue weighted by molar-refractivity contribution is -0.139. The first kappa shape index (κ1) is 24.2. The van der Waals surface area contributed by atoms with Crippen molar-refractivity contribution in [2.45, 2.75) is 26.2 Å². The molecular formula is C26H28ClN3O3S. The largest absolute Gasteiger partial charge is 0.469 e. The van der Waals surface area contributed by atoms with Crippen molar-refractivity contribution < 1.29 is 14.3 Å². The first-order valence-corrected chi connectivity index (χ1v) is 12.5. The normalized spacial score (nSPS) is 15.7. The van der Waals surface area contributed by atoms with Gasteiger partial charge in [-0.2, -0.15) is 0 Å². The molecule has 2 heterocycles. The maximum absolute atomic E-state index is 12.9. The van der Waals surface area contributed by atoms with Crippen LogP contribution < -0.4 is 10.2 Å². The van der Waals surface area contributed by atoms with Crippen LogP contribution in [0.15, 0.2) is 48.5 Å². The summed E-state index contributed by atoms with van der Waals surface area (Å²) in [7, 11) is 1.41. The molecule has 0 bridgehead atoms. The molecule has 0 saturated carbocycles. The number of thiazole rings is 1. The smallest absolute Gasteiger partial charge is 0.310 e. The zero-order valence-electron chi connectivity index (χ0n) is 19.3. The van der Waals surface area contributed by atoms with E-state index in [1.54, 1.807) is 0 Å². The monoisotopic (exact) mass is 497 g/mol. The van der Waals surface area contributed by atoms with Crippen LogP contribution in [0.2, 0.25) is 5.02 Å². The Kier molecular flexibility index (Phi) is 7.85. The Morgan fingerprint density at radius 3 is 2.74 bits per heavy atom. The van der Waals surface area contributed by atoms with Crippen LogP contribution in [0.3, 0.4) is 0 Å². The quantitative estimate of drug-likeness (QED) is 0.458. The van der Waals surface area contributed by atoms with Gasteiger partial charge in [0.1, 0.15) is 9.88 Å². The third kappa shape index (κ3) is 5.77. The van der Waals surface area contributed by atoms with Gasteiger partial charge in [-0.05, 0) is 49.4 Å². The zero-order valence-corrected chi connectivity index (χ0v) is 20.9. The summed E-state index contributed by atoms with van der Waals surface area (Å²) in [5, 5.41) is 4.60. The van der Waals surface area contributed by atoms with E-state index >= 15 is 0 Å². The summed E-state index contributed by atoms with van der Waals surface area (Å²) in [4.78, 5) is 32.3. The highest BCUT2D eigenvalue weighted by Crippen LogP contribution is 2.30. The molecule has 1 fully saturated rings. The molecule has 1 N–H and O–H groups in total. The number of carbonyl (C=O) groups is 2. The molecule has 178 valence electrons. The summed E-state index contributed by atoms with van der Waals surface area (Å²) in [5.41, 5.74) is 3.71. The van der Waals surface area contributed by atoms with E-state index in [-0.39, 0.29) is 18.3 Å². The summed E-state index contributed by atoms with van der Waals surface area (Å²) < 4.78 is 4.85. The molecule has 6 nitrogen and oxygen atoms in total. The van der Waals surface area contributed by atoms with Gasteiger partial charge in [-0.3, -0.25) is 9.59 Å². The molecule has 2 aromatic carbocycles. The van der Waals surface area contributed by atoms with Gasteiger partial charge in [0.2, 0.25) is 0 Å². The van der Waals surface area contributed by atoms with Crippen LogP contribution in [0.25, 0.3) is 10.6 Å². The molecule has 34 heavy (non-hydrogen) atoms. The Bertz CT molecular complexity index is 1160. The highest BCUT2D eigenvalue weighted by molar-refractivity contribution is 7.17. The van der Waals surface area contributed by atoms with Gasteiger partial charge in [0.05, 0.1) is 19.2 Å². The number of benzene rings is 2. The molecule has 1 atom stereocenters. The summed E-state index contributed by atoms with van der Waals surface area (Å²) >= 11 is 7.38. The second kappa shape index (κ2) is 11.0. The average molecular weight is 498 g/mol. The van der Waals surface area contributed by atoms with E-state index in [4.69, 9.17) is 16.3 Å². The Labute approximate surface area is 208 Å². The number of aryl methyl sites for hydroxylation is 1. The van der Waals surface area contributed by atoms with Crippen LogP contribution in [0.5, 0.6) is 0 Å². The number of amides is 1. The SMILES string of the molecule is COC(=O)Cc1ccccc1N1CCCC(CNC(=O)c2sc(-c3ccc(Cl)cc3)nc2C)C1. The first-order valence-electron chi connectivity index (χ1n) is 11.4. The number of hydrogen-bond acceptors (Lipinski definition) is 6. The van der Waals surface area contributed by atoms with Gasteiger partial charge < -0.3 is 15.0 Å². The van der Waals surface area contributed by atoms with Crippen LogP contribution >= 0.6 is 22.9 Å². The van der Waals surface area contributed by atoms with Crippen LogP contribution in [-0.2, 0) is 16.0 Å². The number of anilines is 1. The lowest BCUT2D eigenvalue weighted by atomic mass is 9.96. The molecular weight excluding hydrogens is 470 g/mol. The fourth-order valence-electron chi connectivity index (χ4n) is 4.29. The van der Waals surface area contributed by atoms with E-state index in [9.17, 15) is 9.59 Å². The lowest BCUT2D eigenvalue weighted by Gasteiger charge is -2.35. The molecule has 1 amide bonds. The molecule has 0 spiro atoms. The predicted molar refractivity (Wildman–Crippen MR) is 137 cm³/mol. The van der Waals surface area contributed by atoms with E-state index in [0.29, 0.717) is 22.4 Å². The van der Waals surface area contributed by atoms with E-state index in [0.717, 1.165) is 53.4 Å². The molecule has 0 radical (unpaired) electrons. The van der Waals surface area contributed by atoms with Gasteiger partial charge in [0, 0.05) is 35.9 Å². The number of para-hydroxylation sites is 1. The van der Waals surface area contributed by atoms with Crippen LogP contribution in [0.1, 0.15) is 33.8 Å². The minimum Gasteiger partial charge on any atom is -0.469 e. The number of aromatic nitrogens is 1. The lowest BCUT2D eigenvalue weighted by Crippen LogP contribution is -2.41. The number of rotatable bonds is 7. The number of piperidine rings is 1. The van der Waals surface area contributed by atoms with Crippen LogP contribution in [0, 0.1) is 12.8 Å². The molecule has 1 saturated heterocycles. The highest BCUT2D eigenvalue weighted by Gasteiger charge is 2.24. The molecule has 8 heteroatoms. The number of esters is 1. The summed E-state index contributed by atoms with van der Waals surface area (Å²) in [6.45, 7) is 4.23. The highest BCUT2D eigenvalue weighted by atomic mass is 35.5.